The zero-order valence-corrected chi connectivity index (χ0v) is 11.8. The summed E-state index contributed by atoms with van der Waals surface area (Å²) in [6, 6.07) is 6.25. The summed E-state index contributed by atoms with van der Waals surface area (Å²) in [4.78, 5) is 0. The van der Waals surface area contributed by atoms with Crippen molar-refractivity contribution in [3.63, 3.8) is 0 Å². The van der Waals surface area contributed by atoms with Gasteiger partial charge in [0, 0.05) is 6.42 Å². The van der Waals surface area contributed by atoms with Crippen molar-refractivity contribution in [2.75, 3.05) is 0 Å². The third kappa shape index (κ3) is 1.26. The molecule has 2 bridgehead atoms. The summed E-state index contributed by atoms with van der Waals surface area (Å²) in [6.07, 6.45) is 2.70. The lowest BCUT2D eigenvalue weighted by Gasteiger charge is -2.63. The van der Waals surface area contributed by atoms with E-state index < -0.39 is 28.6 Å². The van der Waals surface area contributed by atoms with Crippen molar-refractivity contribution in [2.45, 2.75) is 50.9 Å². The predicted octanol–water partition coefficient (Wildman–Crippen LogP) is 2.23. The molecule has 3 aliphatic heterocycles. The molecule has 1 N–H and O–H groups in total. The third-order valence-electron chi connectivity index (χ3n) is 5.30. The largest absolute Gasteiger partial charge is 0.447 e. The normalized spacial score (nSPS) is 42.9. The molecule has 0 aromatic heterocycles. The zero-order chi connectivity index (χ0) is 15.3. The summed E-state index contributed by atoms with van der Waals surface area (Å²) < 4.78 is 11.8. The van der Waals surface area contributed by atoms with Gasteiger partial charge in [-0.1, -0.05) is 13.3 Å². The predicted molar refractivity (Wildman–Crippen MR) is 70.4 cm³/mol. The lowest BCUT2D eigenvalue weighted by Crippen LogP contribution is -2.75. The van der Waals surface area contributed by atoms with Crippen molar-refractivity contribution in [1.82, 2.24) is 0 Å². The maximum atomic E-state index is 9.80. The standard InChI is InChI=1S/C15H16N4O2/c1-2-11-14(9-18)12(19)21-15(20-11)6-4-3-5-10(15)13(14,7-16)8-17/h10-11,19H,2-6H2,1H3. The Morgan fingerprint density at radius 2 is 1.95 bits per heavy atom. The minimum Gasteiger partial charge on any atom is -0.447 e. The minimum absolute atomic E-state index is 0.274. The van der Waals surface area contributed by atoms with Gasteiger partial charge in [0.15, 0.2) is 10.8 Å². The molecule has 4 unspecified atom stereocenters. The topological polar surface area (TPSA) is 114 Å². The molecule has 1 saturated carbocycles. The second kappa shape index (κ2) is 4.20. The lowest BCUT2D eigenvalue weighted by atomic mass is 9.48. The highest BCUT2D eigenvalue weighted by Crippen LogP contribution is 2.66. The van der Waals surface area contributed by atoms with Crippen LogP contribution in [0.5, 0.6) is 0 Å². The Kier molecular flexibility index (Phi) is 2.77. The molecule has 3 heterocycles. The summed E-state index contributed by atoms with van der Waals surface area (Å²) in [5.41, 5.74) is -3.20. The molecular weight excluding hydrogens is 268 g/mol. The molecule has 4 aliphatic rings. The van der Waals surface area contributed by atoms with Gasteiger partial charge in [-0.05, 0) is 19.3 Å². The molecule has 1 aliphatic carbocycles. The number of nitrogens with zero attached hydrogens (tertiary/aromatic N) is 3. The first-order chi connectivity index (χ1) is 10.1. The number of nitrogens with one attached hydrogen (secondary N) is 1. The molecule has 4 rings (SSSR count). The molecule has 4 fully saturated rings. The SMILES string of the molecule is CCC1OC23CCCCC2C(C#N)(C#N)C1(C#N)C(=N)O3. The Morgan fingerprint density at radius 1 is 1.24 bits per heavy atom. The molecule has 0 radical (unpaired) electrons. The molecular formula is C15H16N4O2. The number of fused-ring (bicyclic) bond motifs is 2. The summed E-state index contributed by atoms with van der Waals surface area (Å²) >= 11 is 0. The first-order valence-corrected chi connectivity index (χ1v) is 7.26. The molecule has 0 amide bonds. The van der Waals surface area contributed by atoms with Crippen molar-refractivity contribution >= 4 is 5.90 Å². The molecule has 6 nitrogen and oxygen atoms in total. The van der Waals surface area contributed by atoms with E-state index in [1.165, 1.54) is 0 Å². The highest BCUT2D eigenvalue weighted by Gasteiger charge is 2.79. The molecule has 6 heteroatoms. The van der Waals surface area contributed by atoms with Gasteiger partial charge in [-0.25, -0.2) is 0 Å². The second-order valence-corrected chi connectivity index (χ2v) is 6.01. The van der Waals surface area contributed by atoms with Crippen LogP contribution in [0.2, 0.25) is 0 Å². The average Bonchev–Trinajstić information content (AvgIpc) is 2.52. The smallest absolute Gasteiger partial charge is 0.217 e. The average molecular weight is 284 g/mol. The first kappa shape index (κ1) is 13.9. The van der Waals surface area contributed by atoms with E-state index in [1.807, 2.05) is 6.92 Å². The quantitative estimate of drug-likeness (QED) is 0.793. The van der Waals surface area contributed by atoms with E-state index in [0.29, 0.717) is 19.3 Å². The van der Waals surface area contributed by atoms with Gasteiger partial charge >= 0.3 is 0 Å². The highest BCUT2D eigenvalue weighted by atomic mass is 16.7. The van der Waals surface area contributed by atoms with Gasteiger partial charge in [-0.15, -0.1) is 0 Å². The Bertz CT molecular complexity index is 611. The van der Waals surface area contributed by atoms with E-state index in [9.17, 15) is 15.8 Å². The zero-order valence-electron chi connectivity index (χ0n) is 11.8. The summed E-state index contributed by atoms with van der Waals surface area (Å²) in [5.74, 6) is -1.84. The molecule has 108 valence electrons. The van der Waals surface area contributed by atoms with Crippen molar-refractivity contribution in [3.8, 4) is 18.2 Å². The Balaban J connectivity index is 2.31. The Hall–Kier alpha value is -2.10. The van der Waals surface area contributed by atoms with Crippen LogP contribution in [-0.4, -0.2) is 17.8 Å². The van der Waals surface area contributed by atoms with E-state index in [-0.39, 0.29) is 5.90 Å². The van der Waals surface area contributed by atoms with Crippen molar-refractivity contribution in [2.24, 2.45) is 16.7 Å². The Morgan fingerprint density at radius 3 is 2.52 bits per heavy atom. The van der Waals surface area contributed by atoms with Crippen LogP contribution < -0.4 is 0 Å². The first-order valence-electron chi connectivity index (χ1n) is 7.26. The molecule has 4 atom stereocenters. The number of rotatable bonds is 1. The summed E-state index contributed by atoms with van der Waals surface area (Å²) in [5, 5.41) is 37.6. The maximum absolute atomic E-state index is 9.80. The summed E-state index contributed by atoms with van der Waals surface area (Å²) in [6.45, 7) is 1.84. The molecule has 3 saturated heterocycles. The number of hydrogen-bond acceptors (Lipinski definition) is 6. The fourth-order valence-corrected chi connectivity index (χ4v) is 4.34. The van der Waals surface area contributed by atoms with Gasteiger partial charge in [0.2, 0.25) is 11.7 Å². The van der Waals surface area contributed by atoms with Crippen molar-refractivity contribution in [1.29, 1.82) is 21.2 Å². The fraction of sp³-hybridized carbons (Fsp3) is 0.733. The minimum atomic E-state index is -1.63. The van der Waals surface area contributed by atoms with Gasteiger partial charge in [-0.2, -0.15) is 15.8 Å². The van der Waals surface area contributed by atoms with Gasteiger partial charge in [0.25, 0.3) is 0 Å². The van der Waals surface area contributed by atoms with Crippen LogP contribution in [0.25, 0.3) is 0 Å². The fourth-order valence-electron chi connectivity index (χ4n) is 4.34. The van der Waals surface area contributed by atoms with Crippen LogP contribution in [0.3, 0.4) is 0 Å². The number of ether oxygens (including phenoxy) is 2. The van der Waals surface area contributed by atoms with E-state index in [0.717, 1.165) is 12.8 Å². The monoisotopic (exact) mass is 284 g/mol. The van der Waals surface area contributed by atoms with E-state index in [1.54, 1.807) is 0 Å². The third-order valence-corrected chi connectivity index (χ3v) is 5.30. The number of hydrogen-bond donors (Lipinski definition) is 1. The molecule has 1 spiro atoms. The van der Waals surface area contributed by atoms with Crippen molar-refractivity contribution < 1.29 is 9.47 Å². The van der Waals surface area contributed by atoms with Gasteiger partial charge in [0.1, 0.15) is 0 Å². The summed E-state index contributed by atoms with van der Waals surface area (Å²) in [7, 11) is 0. The van der Waals surface area contributed by atoms with E-state index >= 15 is 0 Å². The van der Waals surface area contributed by atoms with Crippen LogP contribution in [0.4, 0.5) is 0 Å². The number of nitriles is 3. The van der Waals surface area contributed by atoms with Crippen LogP contribution in [-0.2, 0) is 9.47 Å². The van der Waals surface area contributed by atoms with E-state index in [2.05, 4.69) is 18.2 Å². The maximum Gasteiger partial charge on any atom is 0.217 e. The van der Waals surface area contributed by atoms with Gasteiger partial charge in [0.05, 0.1) is 30.2 Å². The second-order valence-electron chi connectivity index (χ2n) is 6.01. The van der Waals surface area contributed by atoms with Gasteiger partial charge in [-0.3, -0.25) is 5.41 Å². The van der Waals surface area contributed by atoms with Crippen LogP contribution in [0, 0.1) is 56.2 Å². The molecule has 21 heavy (non-hydrogen) atoms. The van der Waals surface area contributed by atoms with Crippen LogP contribution >= 0.6 is 0 Å². The van der Waals surface area contributed by atoms with Crippen LogP contribution in [0.15, 0.2) is 0 Å². The molecule has 0 aromatic carbocycles. The van der Waals surface area contributed by atoms with Crippen molar-refractivity contribution in [3.05, 3.63) is 0 Å². The highest BCUT2D eigenvalue weighted by molar-refractivity contribution is 5.88. The van der Waals surface area contributed by atoms with Gasteiger partial charge < -0.3 is 9.47 Å². The molecule has 0 aromatic rings. The van der Waals surface area contributed by atoms with E-state index in [4.69, 9.17) is 14.9 Å². The lowest BCUT2D eigenvalue weighted by molar-refractivity contribution is -0.357. The Labute approximate surface area is 123 Å². The van der Waals surface area contributed by atoms with Crippen LogP contribution in [0.1, 0.15) is 39.0 Å².